The van der Waals surface area contributed by atoms with Gasteiger partial charge in [-0.05, 0) is 29.8 Å². The fraction of sp³-hybridized carbons (Fsp3) is 0.250. The van der Waals surface area contributed by atoms with Crippen LogP contribution in [0.5, 0.6) is 0 Å². The molecule has 142 valence electrons. The summed E-state index contributed by atoms with van der Waals surface area (Å²) < 4.78 is 4.71. The molecule has 0 bridgehead atoms. The van der Waals surface area contributed by atoms with Gasteiger partial charge < -0.3 is 15.0 Å². The van der Waals surface area contributed by atoms with Crippen molar-refractivity contribution in [2.45, 2.75) is 19.9 Å². The fourth-order valence-corrected chi connectivity index (χ4v) is 2.61. The molecule has 0 aliphatic carbocycles. The Morgan fingerprint density at radius 2 is 1.74 bits per heavy atom. The van der Waals surface area contributed by atoms with Crippen LogP contribution in [0.4, 0.5) is 5.69 Å². The number of ether oxygens (including phenoxy) is 1. The van der Waals surface area contributed by atoms with Gasteiger partial charge >= 0.3 is 5.97 Å². The normalized spacial score (nSPS) is 10.2. The lowest BCUT2D eigenvalue weighted by Gasteiger charge is -2.21. The quantitative estimate of drug-likeness (QED) is 0.736. The molecule has 7 heteroatoms. The predicted molar refractivity (Wildman–Crippen MR) is 104 cm³/mol. The molecule has 0 spiro atoms. The van der Waals surface area contributed by atoms with E-state index in [9.17, 15) is 14.4 Å². The first-order valence-electron chi connectivity index (χ1n) is 8.38. The maximum absolute atomic E-state index is 12.3. The lowest BCUT2D eigenvalue weighted by atomic mass is 10.1. The number of nitrogens with one attached hydrogen (secondary N) is 1. The number of methoxy groups -OCH3 is 1. The molecule has 0 unspecified atom stereocenters. The molecule has 2 aromatic carbocycles. The van der Waals surface area contributed by atoms with Gasteiger partial charge in [-0.1, -0.05) is 35.9 Å². The van der Waals surface area contributed by atoms with E-state index < -0.39 is 5.97 Å². The summed E-state index contributed by atoms with van der Waals surface area (Å²) in [5.41, 5.74) is 1.57. The first-order chi connectivity index (χ1) is 12.9. The molecule has 0 aliphatic rings. The maximum Gasteiger partial charge on any atom is 0.339 e. The summed E-state index contributed by atoms with van der Waals surface area (Å²) in [7, 11) is 1.28. The topological polar surface area (TPSA) is 75.7 Å². The number of amides is 2. The third-order valence-electron chi connectivity index (χ3n) is 3.95. The van der Waals surface area contributed by atoms with Crippen LogP contribution in [0.3, 0.4) is 0 Å². The predicted octanol–water partition coefficient (Wildman–Crippen LogP) is 3.50. The number of hydrogen-bond donors (Lipinski definition) is 1. The molecule has 2 aromatic rings. The molecule has 2 rings (SSSR count). The Bertz CT molecular complexity index is 821. The van der Waals surface area contributed by atoms with E-state index in [1.807, 2.05) is 12.1 Å². The number of carbonyl (C=O) groups excluding carboxylic acids is 3. The van der Waals surface area contributed by atoms with E-state index in [2.05, 4.69) is 5.32 Å². The van der Waals surface area contributed by atoms with Gasteiger partial charge in [0, 0.05) is 31.5 Å². The summed E-state index contributed by atoms with van der Waals surface area (Å²) in [6.07, 6.45) is 0.0999. The van der Waals surface area contributed by atoms with Crippen molar-refractivity contribution in [2.24, 2.45) is 0 Å². The second-order valence-electron chi connectivity index (χ2n) is 5.90. The molecule has 6 nitrogen and oxygen atoms in total. The highest BCUT2D eigenvalue weighted by molar-refractivity contribution is 6.30. The van der Waals surface area contributed by atoms with Crippen LogP contribution < -0.4 is 5.32 Å². The van der Waals surface area contributed by atoms with E-state index in [1.54, 1.807) is 41.3 Å². The molecule has 0 aliphatic heterocycles. The molecule has 0 saturated carbocycles. The number of esters is 1. The largest absolute Gasteiger partial charge is 0.465 e. The third-order valence-corrected chi connectivity index (χ3v) is 4.20. The molecule has 0 aromatic heterocycles. The monoisotopic (exact) mass is 388 g/mol. The lowest BCUT2D eigenvalue weighted by Crippen LogP contribution is -2.31. The molecule has 0 saturated heterocycles. The average Bonchev–Trinajstić information content (AvgIpc) is 2.66. The Labute approximate surface area is 163 Å². The van der Waals surface area contributed by atoms with Crippen molar-refractivity contribution < 1.29 is 19.1 Å². The second-order valence-corrected chi connectivity index (χ2v) is 6.34. The Kier molecular flexibility index (Phi) is 7.37. The standard InChI is InChI=1S/C20H21ClN2O4/c1-14(24)23(13-15-7-9-16(21)10-8-15)12-11-19(25)22-18-6-4-3-5-17(18)20(26)27-2/h3-10H,11-13H2,1-2H3,(H,22,25). The highest BCUT2D eigenvalue weighted by Gasteiger charge is 2.15. The second kappa shape index (κ2) is 9.73. The van der Waals surface area contributed by atoms with Crippen molar-refractivity contribution in [3.63, 3.8) is 0 Å². The number of benzene rings is 2. The molecule has 0 heterocycles. The summed E-state index contributed by atoms with van der Waals surface area (Å²) in [5, 5.41) is 3.32. The van der Waals surface area contributed by atoms with E-state index in [0.29, 0.717) is 17.3 Å². The number of rotatable bonds is 7. The van der Waals surface area contributed by atoms with Gasteiger partial charge in [0.2, 0.25) is 11.8 Å². The summed E-state index contributed by atoms with van der Waals surface area (Å²) in [6, 6.07) is 13.8. The van der Waals surface area contributed by atoms with Gasteiger partial charge in [0.1, 0.15) is 0 Å². The first kappa shape index (κ1) is 20.5. The van der Waals surface area contributed by atoms with Crippen LogP contribution in [0.25, 0.3) is 0 Å². The van der Waals surface area contributed by atoms with Crippen molar-refractivity contribution in [1.29, 1.82) is 0 Å². The van der Waals surface area contributed by atoms with E-state index in [4.69, 9.17) is 16.3 Å². The molecular weight excluding hydrogens is 368 g/mol. The SMILES string of the molecule is COC(=O)c1ccccc1NC(=O)CCN(Cc1ccc(Cl)cc1)C(C)=O. The Hall–Kier alpha value is -2.86. The van der Waals surface area contributed by atoms with E-state index >= 15 is 0 Å². The molecule has 2 amide bonds. The van der Waals surface area contributed by atoms with Gasteiger partial charge in [0.15, 0.2) is 0 Å². The van der Waals surface area contributed by atoms with Crippen LogP contribution in [0, 0.1) is 0 Å². The molecule has 0 radical (unpaired) electrons. The third kappa shape index (κ3) is 6.11. The van der Waals surface area contributed by atoms with Gasteiger partial charge in [0.05, 0.1) is 18.4 Å². The average molecular weight is 389 g/mol. The Morgan fingerprint density at radius 1 is 1.07 bits per heavy atom. The summed E-state index contributed by atoms with van der Waals surface area (Å²) in [4.78, 5) is 37.5. The van der Waals surface area contributed by atoms with E-state index in [1.165, 1.54) is 14.0 Å². The number of halogens is 1. The van der Waals surface area contributed by atoms with Crippen LogP contribution >= 0.6 is 11.6 Å². The van der Waals surface area contributed by atoms with Gasteiger partial charge in [0.25, 0.3) is 0 Å². The lowest BCUT2D eigenvalue weighted by molar-refractivity contribution is -0.129. The van der Waals surface area contributed by atoms with Gasteiger partial charge in [-0.3, -0.25) is 9.59 Å². The van der Waals surface area contributed by atoms with Crippen molar-refractivity contribution >= 4 is 35.1 Å². The zero-order chi connectivity index (χ0) is 19.8. The van der Waals surface area contributed by atoms with Crippen LogP contribution in [0.15, 0.2) is 48.5 Å². The number of para-hydroxylation sites is 1. The summed E-state index contributed by atoms with van der Waals surface area (Å²) in [5.74, 6) is -0.958. The van der Waals surface area contributed by atoms with Crippen molar-refractivity contribution in [1.82, 2.24) is 4.90 Å². The number of hydrogen-bond acceptors (Lipinski definition) is 4. The summed E-state index contributed by atoms with van der Waals surface area (Å²) >= 11 is 5.87. The highest BCUT2D eigenvalue weighted by Crippen LogP contribution is 2.17. The summed E-state index contributed by atoms with van der Waals surface area (Å²) in [6.45, 7) is 2.10. The van der Waals surface area contributed by atoms with Crippen LogP contribution in [-0.2, 0) is 20.9 Å². The Balaban J connectivity index is 1.97. The van der Waals surface area contributed by atoms with Gasteiger partial charge in [-0.15, -0.1) is 0 Å². The van der Waals surface area contributed by atoms with Gasteiger partial charge in [-0.2, -0.15) is 0 Å². The van der Waals surface area contributed by atoms with E-state index in [0.717, 1.165) is 5.56 Å². The molecule has 27 heavy (non-hydrogen) atoms. The zero-order valence-corrected chi connectivity index (χ0v) is 16.0. The van der Waals surface area contributed by atoms with Crippen molar-refractivity contribution in [3.8, 4) is 0 Å². The van der Waals surface area contributed by atoms with Crippen LogP contribution in [-0.4, -0.2) is 36.3 Å². The minimum atomic E-state index is -0.529. The van der Waals surface area contributed by atoms with Crippen LogP contribution in [0.1, 0.15) is 29.3 Å². The maximum atomic E-state index is 12.3. The zero-order valence-electron chi connectivity index (χ0n) is 15.2. The van der Waals surface area contributed by atoms with E-state index in [-0.39, 0.29) is 30.3 Å². The minimum Gasteiger partial charge on any atom is -0.465 e. The van der Waals surface area contributed by atoms with Gasteiger partial charge in [-0.25, -0.2) is 4.79 Å². The van der Waals surface area contributed by atoms with Crippen LogP contribution in [0.2, 0.25) is 5.02 Å². The molecule has 0 atom stereocenters. The smallest absolute Gasteiger partial charge is 0.339 e. The van der Waals surface area contributed by atoms with Crippen molar-refractivity contribution in [2.75, 3.05) is 19.0 Å². The molecule has 1 N–H and O–H groups in total. The molecular formula is C20H21ClN2O4. The highest BCUT2D eigenvalue weighted by atomic mass is 35.5. The fourth-order valence-electron chi connectivity index (χ4n) is 2.49. The minimum absolute atomic E-state index is 0.0999. The molecule has 0 fully saturated rings. The van der Waals surface area contributed by atoms with Crippen molar-refractivity contribution in [3.05, 3.63) is 64.7 Å². The number of anilines is 1. The number of nitrogens with zero attached hydrogens (tertiary/aromatic N) is 1. The first-order valence-corrected chi connectivity index (χ1v) is 8.75. The Morgan fingerprint density at radius 3 is 2.37 bits per heavy atom. The number of carbonyl (C=O) groups is 3.